The Morgan fingerprint density at radius 2 is 2.29 bits per heavy atom. The standard InChI is InChI=1S/C11H14N2O/c1-12-8-11(14)13-7-6-9-4-2-3-5-10(9)13/h2-5,12H,6-8H2,1H3/p+1. The number of nitrogens with two attached hydrogens (primary N) is 1. The molecule has 3 heteroatoms. The molecule has 0 bridgehead atoms. The van der Waals surface area contributed by atoms with Crippen LogP contribution in [0.2, 0.25) is 0 Å². The van der Waals surface area contributed by atoms with Crippen LogP contribution in [0.4, 0.5) is 5.69 Å². The Balaban J connectivity index is 2.21. The summed E-state index contributed by atoms with van der Waals surface area (Å²) in [5, 5.41) is 1.91. The molecule has 0 radical (unpaired) electrons. The predicted octanol–water partition coefficient (Wildman–Crippen LogP) is -0.231. The van der Waals surface area contributed by atoms with E-state index in [1.807, 2.05) is 35.5 Å². The van der Waals surface area contributed by atoms with Gasteiger partial charge in [0, 0.05) is 12.2 Å². The summed E-state index contributed by atoms with van der Waals surface area (Å²) < 4.78 is 0. The van der Waals surface area contributed by atoms with Crippen LogP contribution in [0.3, 0.4) is 0 Å². The number of para-hydroxylation sites is 1. The number of fused-ring (bicyclic) bond motifs is 1. The summed E-state index contributed by atoms with van der Waals surface area (Å²) in [5.41, 5.74) is 2.39. The van der Waals surface area contributed by atoms with Crippen molar-refractivity contribution in [1.29, 1.82) is 0 Å². The fraction of sp³-hybridized carbons (Fsp3) is 0.364. The monoisotopic (exact) mass is 191 g/mol. The van der Waals surface area contributed by atoms with E-state index in [2.05, 4.69) is 6.07 Å². The third-order valence-corrected chi connectivity index (χ3v) is 2.57. The van der Waals surface area contributed by atoms with Crippen molar-refractivity contribution in [3.05, 3.63) is 29.8 Å². The predicted molar refractivity (Wildman–Crippen MR) is 55.2 cm³/mol. The van der Waals surface area contributed by atoms with Crippen LogP contribution >= 0.6 is 0 Å². The topological polar surface area (TPSA) is 36.9 Å². The van der Waals surface area contributed by atoms with E-state index in [9.17, 15) is 4.79 Å². The van der Waals surface area contributed by atoms with Crippen molar-refractivity contribution in [2.75, 3.05) is 25.0 Å². The van der Waals surface area contributed by atoms with Gasteiger partial charge in [-0.05, 0) is 18.1 Å². The van der Waals surface area contributed by atoms with Crippen molar-refractivity contribution < 1.29 is 10.1 Å². The maximum absolute atomic E-state index is 11.7. The summed E-state index contributed by atoms with van der Waals surface area (Å²) in [6.07, 6.45) is 0.992. The lowest BCUT2D eigenvalue weighted by Gasteiger charge is -2.15. The van der Waals surface area contributed by atoms with E-state index in [0.717, 1.165) is 18.7 Å². The van der Waals surface area contributed by atoms with Gasteiger partial charge >= 0.3 is 0 Å². The molecule has 0 saturated heterocycles. The van der Waals surface area contributed by atoms with E-state index in [-0.39, 0.29) is 5.91 Å². The van der Waals surface area contributed by atoms with Crippen molar-refractivity contribution in [3.63, 3.8) is 0 Å². The highest BCUT2D eigenvalue weighted by Crippen LogP contribution is 2.26. The first-order valence-corrected chi connectivity index (χ1v) is 4.99. The molecule has 1 aromatic rings. The molecule has 3 nitrogen and oxygen atoms in total. The minimum atomic E-state index is 0.206. The zero-order valence-corrected chi connectivity index (χ0v) is 8.36. The highest BCUT2D eigenvalue weighted by Gasteiger charge is 2.24. The Hall–Kier alpha value is -1.35. The Morgan fingerprint density at radius 3 is 3.07 bits per heavy atom. The molecule has 1 aliphatic heterocycles. The van der Waals surface area contributed by atoms with Gasteiger partial charge in [0.05, 0.1) is 7.05 Å². The van der Waals surface area contributed by atoms with Crippen molar-refractivity contribution in [1.82, 2.24) is 0 Å². The number of benzene rings is 1. The van der Waals surface area contributed by atoms with E-state index < -0.39 is 0 Å². The Morgan fingerprint density at radius 1 is 1.50 bits per heavy atom. The first kappa shape index (κ1) is 9.21. The third-order valence-electron chi connectivity index (χ3n) is 2.57. The number of anilines is 1. The highest BCUT2D eigenvalue weighted by molar-refractivity contribution is 5.95. The second-order valence-electron chi connectivity index (χ2n) is 3.54. The average Bonchev–Trinajstić information content (AvgIpc) is 2.61. The number of nitrogens with zero attached hydrogens (tertiary/aromatic N) is 1. The van der Waals surface area contributed by atoms with Gasteiger partial charge < -0.3 is 10.2 Å². The van der Waals surface area contributed by atoms with Gasteiger partial charge in [0.2, 0.25) is 0 Å². The van der Waals surface area contributed by atoms with Crippen molar-refractivity contribution in [2.45, 2.75) is 6.42 Å². The second kappa shape index (κ2) is 3.80. The summed E-state index contributed by atoms with van der Waals surface area (Å²) in [4.78, 5) is 13.6. The Bertz CT molecular complexity index is 349. The van der Waals surface area contributed by atoms with Crippen LogP contribution < -0.4 is 10.2 Å². The first-order chi connectivity index (χ1) is 6.83. The molecule has 2 rings (SSSR count). The van der Waals surface area contributed by atoms with Crippen LogP contribution in [0.5, 0.6) is 0 Å². The van der Waals surface area contributed by atoms with E-state index in [0.29, 0.717) is 6.54 Å². The molecule has 0 spiro atoms. The van der Waals surface area contributed by atoms with E-state index in [1.165, 1.54) is 5.56 Å². The highest BCUT2D eigenvalue weighted by atomic mass is 16.2. The number of likely N-dealkylation sites (N-methyl/N-ethyl adjacent to an activating group) is 1. The summed E-state index contributed by atoms with van der Waals surface area (Å²) in [7, 11) is 1.92. The van der Waals surface area contributed by atoms with Crippen LogP contribution in [-0.2, 0) is 11.2 Å². The minimum absolute atomic E-state index is 0.206. The van der Waals surface area contributed by atoms with Crippen LogP contribution in [-0.4, -0.2) is 26.0 Å². The van der Waals surface area contributed by atoms with Gasteiger partial charge in [-0.25, -0.2) is 0 Å². The van der Waals surface area contributed by atoms with Crippen LogP contribution in [0.1, 0.15) is 5.56 Å². The second-order valence-corrected chi connectivity index (χ2v) is 3.54. The lowest BCUT2D eigenvalue weighted by Crippen LogP contribution is -2.82. The van der Waals surface area contributed by atoms with E-state index in [1.54, 1.807) is 0 Å². The molecule has 1 heterocycles. The van der Waals surface area contributed by atoms with E-state index >= 15 is 0 Å². The summed E-state index contributed by atoms with van der Waals surface area (Å²) in [6.45, 7) is 1.38. The molecular formula is C11H15N2O+. The van der Waals surface area contributed by atoms with Gasteiger partial charge in [-0.2, -0.15) is 0 Å². The number of hydrogen-bond acceptors (Lipinski definition) is 1. The smallest absolute Gasteiger partial charge is 0.282 e. The Kier molecular flexibility index (Phi) is 2.50. The molecule has 14 heavy (non-hydrogen) atoms. The maximum atomic E-state index is 11.7. The number of amides is 1. The number of carbonyl (C=O) groups excluding carboxylic acids is 1. The van der Waals surface area contributed by atoms with Gasteiger partial charge in [-0.1, -0.05) is 18.2 Å². The van der Waals surface area contributed by atoms with Crippen LogP contribution in [0.15, 0.2) is 24.3 Å². The van der Waals surface area contributed by atoms with E-state index in [4.69, 9.17) is 0 Å². The van der Waals surface area contributed by atoms with Gasteiger partial charge in [0.1, 0.15) is 0 Å². The molecule has 1 aliphatic rings. The molecule has 2 N–H and O–H groups in total. The number of rotatable bonds is 2. The lowest BCUT2D eigenvalue weighted by molar-refractivity contribution is -0.615. The van der Waals surface area contributed by atoms with Gasteiger partial charge in [-0.3, -0.25) is 4.79 Å². The molecule has 74 valence electrons. The summed E-state index contributed by atoms with van der Waals surface area (Å²) >= 11 is 0. The molecular weight excluding hydrogens is 176 g/mol. The maximum Gasteiger partial charge on any atom is 0.282 e. The minimum Gasteiger partial charge on any atom is -0.341 e. The summed E-state index contributed by atoms with van der Waals surface area (Å²) in [6, 6.07) is 8.13. The Labute approximate surface area is 83.7 Å². The zero-order valence-electron chi connectivity index (χ0n) is 8.36. The quantitative estimate of drug-likeness (QED) is 0.689. The summed E-state index contributed by atoms with van der Waals surface area (Å²) in [5.74, 6) is 0.206. The SMILES string of the molecule is C[NH2+]CC(=O)N1CCc2ccccc21. The average molecular weight is 191 g/mol. The molecule has 0 saturated carbocycles. The van der Waals surface area contributed by atoms with Gasteiger partial charge in [-0.15, -0.1) is 0 Å². The van der Waals surface area contributed by atoms with Gasteiger partial charge in [0.25, 0.3) is 5.91 Å². The lowest BCUT2D eigenvalue weighted by atomic mass is 10.2. The fourth-order valence-corrected chi connectivity index (χ4v) is 1.88. The van der Waals surface area contributed by atoms with Gasteiger partial charge in [0.15, 0.2) is 6.54 Å². The normalized spacial score (nSPS) is 14.2. The molecule has 1 aromatic carbocycles. The number of carbonyl (C=O) groups is 1. The van der Waals surface area contributed by atoms with Crippen molar-refractivity contribution in [2.24, 2.45) is 0 Å². The molecule has 0 unspecified atom stereocenters. The first-order valence-electron chi connectivity index (χ1n) is 4.99. The number of quaternary nitrogens is 1. The van der Waals surface area contributed by atoms with Crippen LogP contribution in [0, 0.1) is 0 Å². The largest absolute Gasteiger partial charge is 0.341 e. The fourth-order valence-electron chi connectivity index (χ4n) is 1.88. The number of hydrogen-bond donors (Lipinski definition) is 1. The molecule has 0 atom stereocenters. The molecule has 1 amide bonds. The molecule has 0 aromatic heterocycles. The van der Waals surface area contributed by atoms with Crippen molar-refractivity contribution >= 4 is 11.6 Å². The van der Waals surface area contributed by atoms with Crippen LogP contribution in [0.25, 0.3) is 0 Å². The molecule has 0 fully saturated rings. The zero-order chi connectivity index (χ0) is 9.97. The van der Waals surface area contributed by atoms with Crippen molar-refractivity contribution in [3.8, 4) is 0 Å². The third kappa shape index (κ3) is 1.51. The molecule has 0 aliphatic carbocycles.